The highest BCUT2D eigenvalue weighted by atomic mass is 32.2. The Bertz CT molecular complexity index is 360. The van der Waals surface area contributed by atoms with Crippen LogP contribution >= 0.6 is 24.0 Å². The van der Waals surface area contributed by atoms with Crippen molar-refractivity contribution in [1.29, 1.82) is 0 Å². The summed E-state index contributed by atoms with van der Waals surface area (Å²) in [7, 11) is 0. The van der Waals surface area contributed by atoms with Crippen molar-refractivity contribution in [3.8, 4) is 0 Å². The predicted octanol–water partition coefficient (Wildman–Crippen LogP) is 3.73. The van der Waals surface area contributed by atoms with Crippen molar-refractivity contribution >= 4 is 24.0 Å². The zero-order valence-corrected chi connectivity index (χ0v) is 11.2. The number of hydrogen-bond acceptors (Lipinski definition) is 3. The second kappa shape index (κ2) is 6.28. The summed E-state index contributed by atoms with van der Waals surface area (Å²) in [4.78, 5) is 7.64. The number of thioether (sulfide) groups is 1. The van der Waals surface area contributed by atoms with Crippen LogP contribution in [0.1, 0.15) is 38.7 Å². The highest BCUT2D eigenvalue weighted by Gasteiger charge is 2.02. The van der Waals surface area contributed by atoms with Crippen molar-refractivity contribution in [2.24, 2.45) is 0 Å². The molecule has 0 spiro atoms. The van der Waals surface area contributed by atoms with Gasteiger partial charge in [0, 0.05) is 10.9 Å². The molecule has 1 aromatic heterocycles. The molecule has 0 aliphatic heterocycles. The molecule has 2 nitrogen and oxygen atoms in total. The van der Waals surface area contributed by atoms with Crippen LogP contribution in [0.25, 0.3) is 0 Å². The average Bonchev–Trinajstić information content (AvgIpc) is 2.25. The fourth-order valence-corrected chi connectivity index (χ4v) is 2.23. The zero-order chi connectivity index (χ0) is 11.3. The van der Waals surface area contributed by atoms with Gasteiger partial charge in [-0.25, -0.2) is 4.98 Å². The van der Waals surface area contributed by atoms with E-state index in [1.165, 1.54) is 12.1 Å². The molecule has 0 amide bonds. The molecule has 15 heavy (non-hydrogen) atoms. The van der Waals surface area contributed by atoms with Crippen LogP contribution in [0.4, 0.5) is 0 Å². The molecule has 0 radical (unpaired) electrons. The third-order valence-electron chi connectivity index (χ3n) is 2.31. The molecule has 84 valence electrons. The smallest absolute Gasteiger partial charge is 0.130 e. The van der Waals surface area contributed by atoms with Gasteiger partial charge in [-0.3, -0.25) is 0 Å². The quantitative estimate of drug-likeness (QED) is 0.798. The van der Waals surface area contributed by atoms with Crippen LogP contribution < -0.4 is 0 Å². The number of nitrogens with zero attached hydrogens (tertiary/aromatic N) is 1. The van der Waals surface area contributed by atoms with Crippen molar-refractivity contribution in [3.63, 3.8) is 0 Å². The third-order valence-corrected chi connectivity index (χ3v) is 3.86. The van der Waals surface area contributed by atoms with Crippen LogP contribution in [0, 0.1) is 4.64 Å². The van der Waals surface area contributed by atoms with Crippen molar-refractivity contribution in [2.75, 3.05) is 0 Å². The first-order chi connectivity index (χ1) is 7.15. The van der Waals surface area contributed by atoms with Crippen LogP contribution in [-0.2, 0) is 12.2 Å². The Hall–Kier alpha value is -0.350. The lowest BCUT2D eigenvalue weighted by Crippen LogP contribution is -2.00. The number of aromatic nitrogens is 2. The van der Waals surface area contributed by atoms with Crippen molar-refractivity contribution in [3.05, 3.63) is 22.2 Å². The highest BCUT2D eigenvalue weighted by molar-refractivity contribution is 7.99. The molecular formula is C11H18N2S2. The Labute approximate surface area is 101 Å². The summed E-state index contributed by atoms with van der Waals surface area (Å²) in [6.07, 6.45) is 2.17. The molecule has 1 rings (SSSR count). The van der Waals surface area contributed by atoms with E-state index in [0.29, 0.717) is 9.89 Å². The standard InChI is InChI=1S/C11H18N2S2/c1-4-8(3)15-7-10-12-9(5-2)6-11(14)13-10/h6,8H,4-5,7H2,1-3H3,(H,12,13,14). The highest BCUT2D eigenvalue weighted by Crippen LogP contribution is 2.17. The lowest BCUT2D eigenvalue weighted by Gasteiger charge is -2.08. The summed E-state index contributed by atoms with van der Waals surface area (Å²) in [6, 6.07) is 1.94. The third kappa shape index (κ3) is 4.34. The Morgan fingerprint density at radius 3 is 2.87 bits per heavy atom. The Balaban J connectivity index is 2.68. The first-order valence-corrected chi connectivity index (χ1v) is 6.82. The SMILES string of the molecule is CCc1cc(=S)nc(CSC(C)CC)[nH]1. The molecule has 0 saturated heterocycles. The molecule has 0 saturated carbocycles. The van der Waals surface area contributed by atoms with E-state index in [2.05, 4.69) is 30.7 Å². The minimum Gasteiger partial charge on any atom is -0.346 e. The van der Waals surface area contributed by atoms with Gasteiger partial charge in [0.15, 0.2) is 0 Å². The lowest BCUT2D eigenvalue weighted by atomic mass is 10.3. The molecule has 0 aliphatic carbocycles. The second-order valence-corrected chi connectivity index (χ2v) is 5.42. The van der Waals surface area contributed by atoms with Gasteiger partial charge in [-0.05, 0) is 18.9 Å². The van der Waals surface area contributed by atoms with Crippen LogP contribution in [0.5, 0.6) is 0 Å². The summed E-state index contributed by atoms with van der Waals surface area (Å²) in [5.41, 5.74) is 1.18. The number of nitrogens with one attached hydrogen (secondary N) is 1. The molecule has 1 N–H and O–H groups in total. The van der Waals surface area contributed by atoms with E-state index in [4.69, 9.17) is 12.2 Å². The normalized spacial score (nSPS) is 12.7. The number of aromatic amines is 1. The van der Waals surface area contributed by atoms with Gasteiger partial charge in [-0.1, -0.05) is 33.0 Å². The molecular weight excluding hydrogens is 224 g/mol. The van der Waals surface area contributed by atoms with Gasteiger partial charge >= 0.3 is 0 Å². The topological polar surface area (TPSA) is 28.7 Å². The maximum atomic E-state index is 5.12. The minimum absolute atomic E-state index is 0.680. The maximum absolute atomic E-state index is 5.12. The predicted molar refractivity (Wildman–Crippen MR) is 69.8 cm³/mol. The Kier molecular flexibility index (Phi) is 5.32. The van der Waals surface area contributed by atoms with E-state index in [9.17, 15) is 0 Å². The molecule has 1 unspecified atom stereocenters. The Morgan fingerprint density at radius 2 is 2.27 bits per heavy atom. The van der Waals surface area contributed by atoms with E-state index >= 15 is 0 Å². The average molecular weight is 242 g/mol. The summed E-state index contributed by atoms with van der Waals surface area (Å²) < 4.78 is 0.699. The minimum atomic E-state index is 0.680. The summed E-state index contributed by atoms with van der Waals surface area (Å²) in [5.74, 6) is 1.93. The Morgan fingerprint density at radius 1 is 1.53 bits per heavy atom. The van der Waals surface area contributed by atoms with Crippen molar-refractivity contribution < 1.29 is 0 Å². The summed E-state index contributed by atoms with van der Waals surface area (Å²) >= 11 is 7.04. The van der Waals surface area contributed by atoms with Gasteiger partial charge in [-0.2, -0.15) is 11.8 Å². The zero-order valence-electron chi connectivity index (χ0n) is 9.54. The van der Waals surface area contributed by atoms with Crippen LogP contribution in [-0.4, -0.2) is 15.2 Å². The van der Waals surface area contributed by atoms with Crippen LogP contribution in [0.3, 0.4) is 0 Å². The van der Waals surface area contributed by atoms with Gasteiger partial charge in [0.2, 0.25) is 0 Å². The number of rotatable bonds is 5. The monoisotopic (exact) mass is 242 g/mol. The van der Waals surface area contributed by atoms with Crippen LogP contribution in [0.15, 0.2) is 6.07 Å². The van der Waals surface area contributed by atoms with Gasteiger partial charge in [0.05, 0.1) is 5.75 Å². The van der Waals surface area contributed by atoms with Gasteiger partial charge in [-0.15, -0.1) is 0 Å². The van der Waals surface area contributed by atoms with Gasteiger partial charge in [0.25, 0.3) is 0 Å². The van der Waals surface area contributed by atoms with E-state index in [1.54, 1.807) is 0 Å². The van der Waals surface area contributed by atoms with E-state index < -0.39 is 0 Å². The number of aryl methyl sites for hydroxylation is 1. The van der Waals surface area contributed by atoms with E-state index in [0.717, 1.165) is 18.0 Å². The fraction of sp³-hybridized carbons (Fsp3) is 0.636. The maximum Gasteiger partial charge on any atom is 0.130 e. The van der Waals surface area contributed by atoms with Gasteiger partial charge < -0.3 is 4.98 Å². The molecule has 0 bridgehead atoms. The lowest BCUT2D eigenvalue weighted by molar-refractivity contribution is 0.894. The van der Waals surface area contributed by atoms with E-state index in [-0.39, 0.29) is 0 Å². The first kappa shape index (κ1) is 12.7. The molecule has 1 atom stereocenters. The molecule has 4 heteroatoms. The number of H-pyrrole nitrogens is 1. The van der Waals surface area contributed by atoms with Crippen molar-refractivity contribution in [1.82, 2.24) is 9.97 Å². The fourth-order valence-electron chi connectivity index (χ4n) is 1.16. The van der Waals surface area contributed by atoms with Crippen molar-refractivity contribution in [2.45, 2.75) is 44.6 Å². The molecule has 0 fully saturated rings. The van der Waals surface area contributed by atoms with E-state index in [1.807, 2.05) is 17.8 Å². The van der Waals surface area contributed by atoms with Crippen LogP contribution in [0.2, 0.25) is 0 Å². The molecule has 1 aromatic rings. The number of hydrogen-bond donors (Lipinski definition) is 1. The molecule has 1 heterocycles. The first-order valence-electron chi connectivity index (χ1n) is 5.36. The molecule has 0 aliphatic rings. The molecule has 0 aromatic carbocycles. The largest absolute Gasteiger partial charge is 0.346 e. The summed E-state index contributed by atoms with van der Waals surface area (Å²) in [6.45, 7) is 6.56. The van der Waals surface area contributed by atoms with Gasteiger partial charge in [0.1, 0.15) is 10.5 Å². The second-order valence-electron chi connectivity index (χ2n) is 3.57. The summed E-state index contributed by atoms with van der Waals surface area (Å²) in [5, 5.41) is 0.680.